The van der Waals surface area contributed by atoms with Crippen molar-refractivity contribution in [2.75, 3.05) is 6.54 Å². The summed E-state index contributed by atoms with van der Waals surface area (Å²) in [6.07, 6.45) is 4.23. The molecule has 1 aromatic heterocycles. The van der Waals surface area contributed by atoms with Gasteiger partial charge in [-0.1, -0.05) is 24.3 Å². The van der Waals surface area contributed by atoms with Crippen LogP contribution in [0.1, 0.15) is 12.5 Å². The molecule has 1 N–H and O–H groups in total. The topological polar surface area (TPSA) is 42.2 Å². The molecule has 1 aromatic carbocycles. The lowest BCUT2D eigenvalue weighted by Crippen LogP contribution is -2.22. The largest absolute Gasteiger partial charge is 0.472 e. The van der Waals surface area contributed by atoms with Crippen molar-refractivity contribution in [1.29, 1.82) is 0 Å². The van der Waals surface area contributed by atoms with E-state index >= 15 is 0 Å². The maximum Gasteiger partial charge on any atom is 0.216 e. The van der Waals surface area contributed by atoms with Gasteiger partial charge < -0.3 is 9.73 Å². The first-order chi connectivity index (χ1) is 8.25. The van der Waals surface area contributed by atoms with E-state index < -0.39 is 0 Å². The van der Waals surface area contributed by atoms with Crippen LogP contribution in [-0.4, -0.2) is 12.5 Å². The van der Waals surface area contributed by atoms with E-state index in [1.54, 1.807) is 12.5 Å². The van der Waals surface area contributed by atoms with Crippen molar-refractivity contribution >= 4 is 5.91 Å². The Bertz CT molecular complexity index is 489. The van der Waals surface area contributed by atoms with Gasteiger partial charge in [0.1, 0.15) is 0 Å². The fourth-order valence-corrected chi connectivity index (χ4v) is 1.72. The summed E-state index contributed by atoms with van der Waals surface area (Å²) in [5.41, 5.74) is 3.42. The molecular weight excluding hydrogens is 214 g/mol. The summed E-state index contributed by atoms with van der Waals surface area (Å²) in [5.74, 6) is 0.0102. The Kier molecular flexibility index (Phi) is 3.60. The number of nitrogens with one attached hydrogen (secondary N) is 1. The van der Waals surface area contributed by atoms with Crippen molar-refractivity contribution in [3.05, 3.63) is 48.4 Å². The molecule has 0 radical (unpaired) electrons. The maximum absolute atomic E-state index is 10.8. The highest BCUT2D eigenvalue weighted by Crippen LogP contribution is 2.20. The average molecular weight is 229 g/mol. The SMILES string of the molecule is CC(=O)NCCc1cccc(-c2ccoc2)c1. The van der Waals surface area contributed by atoms with Crippen LogP contribution in [0.2, 0.25) is 0 Å². The second-order valence-corrected chi connectivity index (χ2v) is 3.95. The van der Waals surface area contributed by atoms with Gasteiger partial charge in [-0.25, -0.2) is 0 Å². The highest BCUT2D eigenvalue weighted by molar-refractivity contribution is 5.72. The van der Waals surface area contributed by atoms with Crippen LogP contribution in [0.15, 0.2) is 47.3 Å². The van der Waals surface area contributed by atoms with Crippen LogP contribution in [0.3, 0.4) is 0 Å². The van der Waals surface area contributed by atoms with Gasteiger partial charge in [0.05, 0.1) is 12.5 Å². The molecule has 0 saturated carbocycles. The minimum Gasteiger partial charge on any atom is -0.472 e. The number of amides is 1. The molecule has 1 heterocycles. The van der Waals surface area contributed by atoms with Crippen molar-refractivity contribution in [1.82, 2.24) is 5.32 Å². The lowest BCUT2D eigenvalue weighted by atomic mass is 10.0. The molecule has 0 aliphatic heterocycles. The van der Waals surface area contributed by atoms with Gasteiger partial charge in [0, 0.05) is 19.0 Å². The van der Waals surface area contributed by atoms with Crippen molar-refractivity contribution in [3.63, 3.8) is 0 Å². The molecule has 0 saturated heterocycles. The molecule has 0 fully saturated rings. The number of benzene rings is 1. The monoisotopic (exact) mass is 229 g/mol. The smallest absolute Gasteiger partial charge is 0.216 e. The van der Waals surface area contributed by atoms with E-state index in [0.717, 1.165) is 17.5 Å². The zero-order chi connectivity index (χ0) is 12.1. The molecule has 0 aliphatic rings. The van der Waals surface area contributed by atoms with Crippen LogP contribution < -0.4 is 5.32 Å². The van der Waals surface area contributed by atoms with Crippen LogP contribution in [0.5, 0.6) is 0 Å². The van der Waals surface area contributed by atoms with Crippen molar-refractivity contribution in [2.24, 2.45) is 0 Å². The predicted molar refractivity (Wildman–Crippen MR) is 66.5 cm³/mol. The quantitative estimate of drug-likeness (QED) is 0.875. The van der Waals surface area contributed by atoms with Crippen LogP contribution in [-0.2, 0) is 11.2 Å². The van der Waals surface area contributed by atoms with Crippen LogP contribution >= 0.6 is 0 Å². The summed E-state index contributed by atoms with van der Waals surface area (Å²) < 4.78 is 5.06. The lowest BCUT2D eigenvalue weighted by Gasteiger charge is -2.04. The Hall–Kier alpha value is -2.03. The van der Waals surface area contributed by atoms with E-state index in [0.29, 0.717) is 6.54 Å². The van der Waals surface area contributed by atoms with E-state index in [9.17, 15) is 4.79 Å². The molecule has 17 heavy (non-hydrogen) atoms. The summed E-state index contributed by atoms with van der Waals surface area (Å²) in [6.45, 7) is 2.20. The number of hydrogen-bond acceptors (Lipinski definition) is 2. The predicted octanol–water partition coefficient (Wildman–Crippen LogP) is 2.63. The van der Waals surface area contributed by atoms with Gasteiger partial charge in [-0.3, -0.25) is 4.79 Å². The Morgan fingerprint density at radius 3 is 2.88 bits per heavy atom. The van der Waals surface area contributed by atoms with Crippen molar-refractivity contribution in [3.8, 4) is 11.1 Å². The van der Waals surface area contributed by atoms with Crippen LogP contribution in [0.25, 0.3) is 11.1 Å². The van der Waals surface area contributed by atoms with Crippen molar-refractivity contribution in [2.45, 2.75) is 13.3 Å². The van der Waals surface area contributed by atoms with E-state index in [1.807, 2.05) is 18.2 Å². The maximum atomic E-state index is 10.8. The molecule has 0 spiro atoms. The molecular formula is C14H15NO2. The Balaban J connectivity index is 2.04. The van der Waals surface area contributed by atoms with E-state index in [4.69, 9.17) is 4.42 Å². The minimum atomic E-state index is 0.0102. The Labute approximate surface area is 100 Å². The zero-order valence-corrected chi connectivity index (χ0v) is 9.77. The van der Waals surface area contributed by atoms with E-state index in [1.165, 1.54) is 12.5 Å². The molecule has 0 atom stereocenters. The molecule has 2 rings (SSSR count). The summed E-state index contributed by atoms with van der Waals surface area (Å²) in [5, 5.41) is 2.79. The first-order valence-electron chi connectivity index (χ1n) is 5.61. The van der Waals surface area contributed by atoms with Gasteiger partial charge in [0.15, 0.2) is 0 Å². The van der Waals surface area contributed by atoms with Crippen LogP contribution in [0, 0.1) is 0 Å². The van der Waals surface area contributed by atoms with Gasteiger partial charge in [0.2, 0.25) is 5.91 Å². The number of carbonyl (C=O) groups excluding carboxylic acids is 1. The van der Waals surface area contributed by atoms with Gasteiger partial charge in [-0.05, 0) is 23.6 Å². The lowest BCUT2D eigenvalue weighted by molar-refractivity contribution is -0.118. The fraction of sp³-hybridized carbons (Fsp3) is 0.214. The van der Waals surface area contributed by atoms with E-state index in [-0.39, 0.29) is 5.91 Å². The number of rotatable bonds is 4. The highest BCUT2D eigenvalue weighted by atomic mass is 16.3. The van der Waals surface area contributed by atoms with Gasteiger partial charge in [0.25, 0.3) is 0 Å². The summed E-state index contributed by atoms with van der Waals surface area (Å²) in [7, 11) is 0. The first kappa shape index (κ1) is 11.5. The fourth-order valence-electron chi connectivity index (χ4n) is 1.72. The minimum absolute atomic E-state index is 0.0102. The summed E-state index contributed by atoms with van der Waals surface area (Å²) in [4.78, 5) is 10.8. The Morgan fingerprint density at radius 1 is 1.29 bits per heavy atom. The summed E-state index contributed by atoms with van der Waals surface area (Å²) >= 11 is 0. The first-order valence-corrected chi connectivity index (χ1v) is 5.61. The molecule has 3 nitrogen and oxygen atoms in total. The third-order valence-electron chi connectivity index (χ3n) is 2.57. The van der Waals surface area contributed by atoms with Gasteiger partial charge in [-0.2, -0.15) is 0 Å². The Morgan fingerprint density at radius 2 is 2.18 bits per heavy atom. The zero-order valence-electron chi connectivity index (χ0n) is 9.77. The molecule has 0 bridgehead atoms. The average Bonchev–Trinajstić information content (AvgIpc) is 2.82. The van der Waals surface area contributed by atoms with Crippen LogP contribution in [0.4, 0.5) is 0 Å². The summed E-state index contributed by atoms with van der Waals surface area (Å²) in [6, 6.07) is 10.2. The number of hydrogen-bond donors (Lipinski definition) is 1. The van der Waals surface area contributed by atoms with Crippen molar-refractivity contribution < 1.29 is 9.21 Å². The molecule has 88 valence electrons. The molecule has 1 amide bonds. The molecule has 0 unspecified atom stereocenters. The molecule has 3 heteroatoms. The van der Waals surface area contributed by atoms with Gasteiger partial charge >= 0.3 is 0 Å². The van der Waals surface area contributed by atoms with Gasteiger partial charge in [-0.15, -0.1) is 0 Å². The number of carbonyl (C=O) groups is 1. The second kappa shape index (κ2) is 5.34. The second-order valence-electron chi connectivity index (χ2n) is 3.95. The number of furan rings is 1. The standard InChI is InChI=1S/C14H15NO2/c1-11(16)15-7-5-12-3-2-4-13(9-12)14-6-8-17-10-14/h2-4,6,8-10H,5,7H2,1H3,(H,15,16). The third kappa shape index (κ3) is 3.21. The highest BCUT2D eigenvalue weighted by Gasteiger charge is 2.00. The third-order valence-corrected chi connectivity index (χ3v) is 2.57. The normalized spacial score (nSPS) is 10.2. The molecule has 2 aromatic rings. The molecule has 0 aliphatic carbocycles. The van der Waals surface area contributed by atoms with E-state index in [2.05, 4.69) is 17.4 Å².